The molecule has 9 heteroatoms. The zero-order valence-electron chi connectivity index (χ0n) is 15.0. The maximum absolute atomic E-state index is 12.8. The fourth-order valence-corrected chi connectivity index (χ4v) is 3.06. The quantitative estimate of drug-likeness (QED) is 0.305. The molecule has 3 aromatic rings. The number of halogens is 3. The Bertz CT molecular complexity index is 1190. The van der Waals surface area contributed by atoms with Gasteiger partial charge in [0.25, 0.3) is 0 Å². The van der Waals surface area contributed by atoms with Gasteiger partial charge in [0.15, 0.2) is 5.69 Å². The third kappa shape index (κ3) is 4.43. The smallest absolute Gasteiger partial charge is 0.376 e. The Morgan fingerprint density at radius 2 is 1.37 bits per heavy atom. The van der Waals surface area contributed by atoms with Crippen LogP contribution >= 0.6 is 0 Å². The van der Waals surface area contributed by atoms with E-state index in [2.05, 4.69) is 9.03 Å². The van der Waals surface area contributed by atoms with Crippen LogP contribution in [0.15, 0.2) is 66.7 Å². The zero-order chi connectivity index (χ0) is 21.9. The highest BCUT2D eigenvalue weighted by Crippen LogP contribution is 2.35. The lowest BCUT2D eigenvalue weighted by Crippen LogP contribution is -2.28. The number of rotatable bonds is 4. The van der Waals surface area contributed by atoms with Gasteiger partial charge in [-0.05, 0) is 52.6 Å². The number of nitrogens with zero attached hydrogens (tertiary/aromatic N) is 2. The van der Waals surface area contributed by atoms with Crippen molar-refractivity contribution in [3.05, 3.63) is 83.7 Å². The van der Waals surface area contributed by atoms with E-state index in [4.69, 9.17) is 11.8 Å². The Morgan fingerprint density at radius 3 is 1.80 bits per heavy atom. The van der Waals surface area contributed by atoms with Crippen LogP contribution < -0.4 is 4.18 Å². The van der Waals surface area contributed by atoms with E-state index in [0.717, 1.165) is 0 Å². The Balaban J connectivity index is 2.14. The Labute approximate surface area is 170 Å². The van der Waals surface area contributed by atoms with Crippen LogP contribution in [0.4, 0.5) is 18.9 Å². The third-order valence-corrected chi connectivity index (χ3v) is 5.05. The van der Waals surface area contributed by atoms with Crippen molar-refractivity contribution in [1.29, 1.82) is 5.26 Å². The summed E-state index contributed by atoms with van der Waals surface area (Å²) in [5.41, 5.74) is -2.94. The molecule has 3 rings (SSSR count). The molecule has 0 aliphatic rings. The van der Waals surface area contributed by atoms with Gasteiger partial charge in [-0.1, -0.05) is 36.4 Å². The molecule has 0 heterocycles. The molecular weight excluding hydrogens is 417 g/mol. The molecule has 0 amide bonds. The van der Waals surface area contributed by atoms with Crippen molar-refractivity contribution >= 4 is 15.8 Å². The second kappa shape index (κ2) is 7.90. The van der Waals surface area contributed by atoms with E-state index < -0.39 is 21.4 Å². The van der Waals surface area contributed by atoms with E-state index in [1.165, 1.54) is 36.4 Å². The van der Waals surface area contributed by atoms with Crippen molar-refractivity contribution in [2.45, 2.75) is 5.51 Å². The predicted molar refractivity (Wildman–Crippen MR) is 104 cm³/mol. The average Bonchev–Trinajstić information content (AvgIpc) is 2.72. The largest absolute Gasteiger partial charge is 0.534 e. The summed E-state index contributed by atoms with van der Waals surface area (Å²) in [6.07, 6.45) is 0. The van der Waals surface area contributed by atoms with Gasteiger partial charge in [-0.15, -0.1) is 0 Å². The van der Waals surface area contributed by atoms with E-state index in [-0.39, 0.29) is 0 Å². The second-order valence-electron chi connectivity index (χ2n) is 6.08. The molecule has 0 spiro atoms. The van der Waals surface area contributed by atoms with Crippen LogP contribution in [-0.2, 0) is 10.1 Å². The van der Waals surface area contributed by atoms with Crippen molar-refractivity contribution in [2.75, 3.05) is 0 Å². The van der Waals surface area contributed by atoms with Gasteiger partial charge in [-0.3, -0.25) is 0 Å². The van der Waals surface area contributed by atoms with Crippen molar-refractivity contribution < 1.29 is 25.8 Å². The topological polar surface area (TPSA) is 71.5 Å². The zero-order valence-corrected chi connectivity index (χ0v) is 15.8. The van der Waals surface area contributed by atoms with Gasteiger partial charge >= 0.3 is 15.6 Å². The van der Waals surface area contributed by atoms with Gasteiger partial charge in [-0.25, -0.2) is 4.85 Å². The molecule has 0 aromatic heterocycles. The number of hydrogen-bond acceptors (Lipinski definition) is 4. The van der Waals surface area contributed by atoms with Crippen LogP contribution in [0.3, 0.4) is 0 Å². The van der Waals surface area contributed by atoms with Gasteiger partial charge in [0, 0.05) is 0 Å². The molecule has 0 fully saturated rings. The molecule has 0 aliphatic heterocycles. The molecule has 150 valence electrons. The summed E-state index contributed by atoms with van der Waals surface area (Å²) in [4.78, 5) is 3.27. The van der Waals surface area contributed by atoms with Gasteiger partial charge in [-0.2, -0.15) is 26.9 Å². The molecule has 0 radical (unpaired) electrons. The molecule has 0 unspecified atom stereocenters. The number of benzene rings is 3. The summed E-state index contributed by atoms with van der Waals surface area (Å²) in [7, 11) is -5.85. The van der Waals surface area contributed by atoms with E-state index >= 15 is 0 Å². The Morgan fingerprint density at radius 1 is 0.867 bits per heavy atom. The monoisotopic (exact) mass is 428 g/mol. The fraction of sp³-hybridized carbons (Fsp3) is 0.0476. The summed E-state index contributed by atoms with van der Waals surface area (Å²) in [6.45, 7) is 7.00. The van der Waals surface area contributed by atoms with Crippen LogP contribution in [0.5, 0.6) is 5.75 Å². The van der Waals surface area contributed by atoms with Gasteiger partial charge in [0.05, 0.1) is 18.2 Å². The lowest BCUT2D eigenvalue weighted by atomic mass is 9.98. The van der Waals surface area contributed by atoms with Crippen molar-refractivity contribution in [3.8, 4) is 34.1 Å². The summed E-state index contributed by atoms with van der Waals surface area (Å²) >= 11 is 0. The first-order valence-electron chi connectivity index (χ1n) is 8.27. The van der Waals surface area contributed by atoms with Gasteiger partial charge in [0.2, 0.25) is 0 Å². The highest BCUT2D eigenvalue weighted by molar-refractivity contribution is 7.88. The minimum Gasteiger partial charge on any atom is -0.376 e. The van der Waals surface area contributed by atoms with Crippen LogP contribution in [0.2, 0.25) is 0 Å². The maximum Gasteiger partial charge on any atom is 0.534 e. The van der Waals surface area contributed by atoms with Gasteiger partial charge in [0.1, 0.15) is 5.75 Å². The van der Waals surface area contributed by atoms with Crippen molar-refractivity contribution in [3.63, 3.8) is 0 Å². The third-order valence-electron chi connectivity index (χ3n) is 4.07. The van der Waals surface area contributed by atoms with Crippen molar-refractivity contribution in [1.82, 2.24) is 0 Å². The molecule has 3 aromatic carbocycles. The lowest BCUT2D eigenvalue weighted by molar-refractivity contribution is -0.0500. The van der Waals surface area contributed by atoms with Crippen LogP contribution in [-0.4, -0.2) is 13.9 Å². The summed E-state index contributed by atoms with van der Waals surface area (Å²) < 4.78 is 65.5. The highest BCUT2D eigenvalue weighted by Gasteiger charge is 2.48. The molecule has 0 saturated carbocycles. The molecule has 0 N–H and O–H groups in total. The SMILES string of the molecule is [C-]#[N+]c1ccc(-c2cc(OS(=O)(=O)C(F)(F)F)cc(-c3ccc(C#N)cc3)c2)cc1. The number of alkyl halides is 3. The van der Waals surface area contributed by atoms with E-state index in [1.54, 1.807) is 30.3 Å². The molecule has 0 aliphatic carbocycles. The van der Waals surface area contributed by atoms with Crippen LogP contribution in [0.25, 0.3) is 27.1 Å². The van der Waals surface area contributed by atoms with E-state index in [1.807, 2.05) is 6.07 Å². The molecule has 5 nitrogen and oxygen atoms in total. The van der Waals surface area contributed by atoms with E-state index in [9.17, 15) is 21.6 Å². The minimum atomic E-state index is -5.85. The fourth-order valence-electron chi connectivity index (χ4n) is 2.62. The number of nitriles is 1. The Hall–Kier alpha value is -3.82. The average molecular weight is 428 g/mol. The summed E-state index contributed by atoms with van der Waals surface area (Å²) in [6, 6.07) is 18.4. The lowest BCUT2D eigenvalue weighted by Gasteiger charge is -2.13. The Kier molecular flexibility index (Phi) is 5.50. The predicted octanol–water partition coefficient (Wildman–Crippen LogP) is 5.67. The maximum atomic E-state index is 12.8. The molecule has 0 atom stereocenters. The normalized spacial score (nSPS) is 11.4. The molecule has 0 saturated heterocycles. The van der Waals surface area contributed by atoms with Crippen LogP contribution in [0, 0.1) is 17.9 Å². The molecule has 0 bridgehead atoms. The summed E-state index contributed by atoms with van der Waals surface area (Å²) in [5.74, 6) is -0.515. The number of hydrogen-bond donors (Lipinski definition) is 0. The first-order chi connectivity index (χ1) is 14.1. The van der Waals surface area contributed by atoms with Crippen LogP contribution in [0.1, 0.15) is 5.56 Å². The minimum absolute atomic E-state index is 0.373. The van der Waals surface area contributed by atoms with Crippen molar-refractivity contribution in [2.24, 2.45) is 0 Å². The first kappa shape index (κ1) is 20.9. The molecule has 30 heavy (non-hydrogen) atoms. The summed E-state index contributed by atoms with van der Waals surface area (Å²) in [5, 5.41) is 8.92. The van der Waals surface area contributed by atoms with E-state index in [0.29, 0.717) is 33.5 Å². The van der Waals surface area contributed by atoms with Gasteiger partial charge < -0.3 is 4.18 Å². The first-order valence-corrected chi connectivity index (χ1v) is 9.68. The highest BCUT2D eigenvalue weighted by atomic mass is 32.2. The molecular formula is C21H11F3N2O3S. The second-order valence-corrected chi connectivity index (χ2v) is 7.61. The standard InChI is InChI=1S/C21H11F3N2O3S/c1-26-19-8-6-16(7-9-19)18-10-17(15-4-2-14(13-25)3-5-15)11-20(12-18)29-30(27,28)21(22,23)24/h2-12H.